The summed E-state index contributed by atoms with van der Waals surface area (Å²) in [5.41, 5.74) is 1.17. The van der Waals surface area contributed by atoms with Crippen molar-refractivity contribution < 1.29 is 13.9 Å². The van der Waals surface area contributed by atoms with E-state index in [0.717, 1.165) is 12.8 Å². The van der Waals surface area contributed by atoms with Gasteiger partial charge in [0.1, 0.15) is 12.4 Å². The first-order chi connectivity index (χ1) is 11.8. The summed E-state index contributed by atoms with van der Waals surface area (Å²) < 4.78 is 10.6. The molecule has 0 bridgehead atoms. The van der Waals surface area contributed by atoms with Gasteiger partial charge in [0, 0.05) is 7.11 Å². The fraction of sp³-hybridized carbons (Fsp3) is 0.450. The molecular weight excluding hydrogens is 302 g/mol. The molecule has 0 aliphatic heterocycles. The van der Waals surface area contributed by atoms with Crippen molar-refractivity contribution in [3.05, 3.63) is 59.5 Å². The Labute approximate surface area is 143 Å². The molecule has 0 spiro atoms. The normalized spacial score (nSPS) is 16.7. The van der Waals surface area contributed by atoms with Crippen LogP contribution >= 0.6 is 0 Å². The average Bonchev–Trinajstić information content (AvgIpc) is 3.10. The Bertz CT molecular complexity index is 644. The summed E-state index contributed by atoms with van der Waals surface area (Å²) in [6, 6.07) is 13.8. The number of hydrogen-bond acceptors (Lipinski definition) is 3. The van der Waals surface area contributed by atoms with Gasteiger partial charge in [-0.3, -0.25) is 4.79 Å². The van der Waals surface area contributed by atoms with Crippen LogP contribution in [-0.4, -0.2) is 13.0 Å². The first-order valence-corrected chi connectivity index (χ1v) is 8.71. The molecule has 0 saturated heterocycles. The third kappa shape index (κ3) is 4.06. The van der Waals surface area contributed by atoms with E-state index in [1.807, 2.05) is 18.2 Å². The van der Waals surface area contributed by atoms with Crippen molar-refractivity contribution in [2.24, 2.45) is 5.92 Å². The summed E-state index contributed by atoms with van der Waals surface area (Å²) in [6.45, 7) is 0.373. The van der Waals surface area contributed by atoms with Gasteiger partial charge in [-0.15, -0.1) is 0 Å². The van der Waals surface area contributed by atoms with Gasteiger partial charge < -0.3 is 14.5 Å². The van der Waals surface area contributed by atoms with Gasteiger partial charge in [0.25, 0.3) is 5.91 Å². The molecule has 1 aliphatic rings. The number of hydrogen-bond donors (Lipinski definition) is 1. The van der Waals surface area contributed by atoms with Crippen LogP contribution < -0.4 is 5.32 Å². The highest BCUT2D eigenvalue weighted by Crippen LogP contribution is 2.34. The molecule has 1 heterocycles. The van der Waals surface area contributed by atoms with E-state index in [2.05, 4.69) is 17.4 Å². The topological polar surface area (TPSA) is 51.5 Å². The molecule has 1 fully saturated rings. The largest absolute Gasteiger partial charge is 0.453 e. The Morgan fingerprint density at radius 2 is 1.92 bits per heavy atom. The van der Waals surface area contributed by atoms with E-state index < -0.39 is 0 Å². The van der Waals surface area contributed by atoms with Crippen molar-refractivity contribution in [2.75, 3.05) is 7.11 Å². The molecule has 1 unspecified atom stereocenters. The summed E-state index contributed by atoms with van der Waals surface area (Å²) in [4.78, 5) is 12.6. The molecule has 0 radical (unpaired) electrons. The van der Waals surface area contributed by atoms with Crippen molar-refractivity contribution in [1.82, 2.24) is 5.32 Å². The number of carbonyl (C=O) groups is 1. The number of amides is 1. The van der Waals surface area contributed by atoms with Gasteiger partial charge in [0.15, 0.2) is 5.76 Å². The van der Waals surface area contributed by atoms with Crippen LogP contribution in [0.4, 0.5) is 0 Å². The highest BCUT2D eigenvalue weighted by molar-refractivity contribution is 5.91. The SMILES string of the molecule is COCc1ccc(C(=O)NC(c2ccccc2)C2CCCCC2)o1. The van der Waals surface area contributed by atoms with Crippen molar-refractivity contribution in [3.8, 4) is 0 Å². The van der Waals surface area contributed by atoms with Gasteiger partial charge in [-0.2, -0.15) is 0 Å². The number of nitrogens with one attached hydrogen (secondary N) is 1. The number of methoxy groups -OCH3 is 1. The van der Waals surface area contributed by atoms with Gasteiger partial charge in [-0.25, -0.2) is 0 Å². The van der Waals surface area contributed by atoms with Crippen LogP contribution in [0.5, 0.6) is 0 Å². The van der Waals surface area contributed by atoms with Crippen molar-refractivity contribution >= 4 is 5.91 Å². The number of ether oxygens (including phenoxy) is 1. The maximum absolute atomic E-state index is 12.6. The third-order valence-electron chi connectivity index (χ3n) is 4.74. The molecule has 1 saturated carbocycles. The second-order valence-corrected chi connectivity index (χ2v) is 6.46. The molecule has 2 aromatic rings. The maximum Gasteiger partial charge on any atom is 0.287 e. The number of carbonyl (C=O) groups excluding carboxylic acids is 1. The van der Waals surface area contributed by atoms with Crippen LogP contribution in [0.3, 0.4) is 0 Å². The van der Waals surface area contributed by atoms with E-state index in [0.29, 0.717) is 24.0 Å². The van der Waals surface area contributed by atoms with E-state index in [9.17, 15) is 4.79 Å². The van der Waals surface area contributed by atoms with Crippen molar-refractivity contribution in [2.45, 2.75) is 44.8 Å². The molecule has 1 atom stereocenters. The summed E-state index contributed by atoms with van der Waals surface area (Å²) in [5.74, 6) is 1.34. The van der Waals surface area contributed by atoms with Gasteiger partial charge in [0.2, 0.25) is 0 Å². The molecule has 1 N–H and O–H groups in total. The van der Waals surface area contributed by atoms with Gasteiger partial charge in [0.05, 0.1) is 6.04 Å². The van der Waals surface area contributed by atoms with Crippen molar-refractivity contribution in [1.29, 1.82) is 0 Å². The predicted octanol–water partition coefficient (Wildman–Crippen LogP) is 4.48. The molecule has 4 heteroatoms. The average molecular weight is 327 g/mol. The molecular formula is C20H25NO3. The van der Waals surface area contributed by atoms with Crippen LogP contribution in [0.1, 0.15) is 60.0 Å². The second kappa shape index (κ2) is 8.15. The van der Waals surface area contributed by atoms with Gasteiger partial charge in [-0.1, -0.05) is 49.6 Å². The maximum atomic E-state index is 12.6. The van der Waals surface area contributed by atoms with Crippen LogP contribution in [0.25, 0.3) is 0 Å². The molecule has 3 rings (SSSR count). The first-order valence-electron chi connectivity index (χ1n) is 8.71. The second-order valence-electron chi connectivity index (χ2n) is 6.46. The summed E-state index contributed by atoms with van der Waals surface area (Å²) in [6.07, 6.45) is 6.09. The van der Waals surface area contributed by atoms with Crippen LogP contribution in [0.2, 0.25) is 0 Å². The Morgan fingerprint density at radius 3 is 2.62 bits per heavy atom. The quantitative estimate of drug-likeness (QED) is 0.851. The summed E-state index contributed by atoms with van der Waals surface area (Å²) in [5, 5.41) is 3.20. The highest BCUT2D eigenvalue weighted by Gasteiger charge is 2.27. The number of furan rings is 1. The monoisotopic (exact) mass is 327 g/mol. The van der Waals surface area contributed by atoms with E-state index in [4.69, 9.17) is 9.15 Å². The first kappa shape index (κ1) is 16.8. The zero-order chi connectivity index (χ0) is 16.8. The zero-order valence-corrected chi connectivity index (χ0v) is 14.2. The molecule has 24 heavy (non-hydrogen) atoms. The van der Waals surface area contributed by atoms with E-state index in [1.54, 1.807) is 19.2 Å². The predicted molar refractivity (Wildman–Crippen MR) is 92.6 cm³/mol. The summed E-state index contributed by atoms with van der Waals surface area (Å²) >= 11 is 0. The molecule has 128 valence electrons. The fourth-order valence-electron chi connectivity index (χ4n) is 3.53. The Kier molecular flexibility index (Phi) is 5.70. The molecule has 1 aromatic carbocycles. The Hall–Kier alpha value is -2.07. The van der Waals surface area contributed by atoms with Crippen LogP contribution in [-0.2, 0) is 11.3 Å². The minimum absolute atomic E-state index is 0.0370. The lowest BCUT2D eigenvalue weighted by atomic mass is 9.81. The number of benzene rings is 1. The van der Waals surface area contributed by atoms with Gasteiger partial charge in [-0.05, 0) is 36.5 Å². The molecule has 4 nitrogen and oxygen atoms in total. The van der Waals surface area contributed by atoms with E-state index >= 15 is 0 Å². The minimum atomic E-state index is -0.156. The summed E-state index contributed by atoms with van der Waals surface area (Å²) in [7, 11) is 1.61. The van der Waals surface area contributed by atoms with Crippen LogP contribution in [0, 0.1) is 5.92 Å². The minimum Gasteiger partial charge on any atom is -0.453 e. The smallest absolute Gasteiger partial charge is 0.287 e. The molecule has 1 aliphatic carbocycles. The van der Waals surface area contributed by atoms with Crippen LogP contribution in [0.15, 0.2) is 46.9 Å². The molecule has 1 aromatic heterocycles. The fourth-order valence-corrected chi connectivity index (χ4v) is 3.53. The Morgan fingerprint density at radius 1 is 1.17 bits per heavy atom. The lowest BCUT2D eigenvalue weighted by molar-refractivity contribution is 0.0876. The third-order valence-corrected chi connectivity index (χ3v) is 4.74. The van der Waals surface area contributed by atoms with E-state index in [1.165, 1.54) is 24.8 Å². The Balaban J connectivity index is 1.76. The lowest BCUT2D eigenvalue weighted by Gasteiger charge is -2.31. The zero-order valence-electron chi connectivity index (χ0n) is 14.2. The number of rotatable bonds is 6. The highest BCUT2D eigenvalue weighted by atomic mass is 16.5. The molecule has 1 amide bonds. The van der Waals surface area contributed by atoms with Crippen molar-refractivity contribution in [3.63, 3.8) is 0 Å². The standard InChI is InChI=1S/C20H25NO3/c1-23-14-17-12-13-18(24-17)20(22)21-19(15-8-4-2-5-9-15)16-10-6-3-7-11-16/h2,4-5,8-9,12-13,16,19H,3,6-7,10-11,14H2,1H3,(H,21,22). The van der Waals surface area contributed by atoms with Gasteiger partial charge >= 0.3 is 0 Å². The lowest BCUT2D eigenvalue weighted by Crippen LogP contribution is -2.34. The van der Waals surface area contributed by atoms with E-state index in [-0.39, 0.29) is 11.9 Å².